The van der Waals surface area contributed by atoms with E-state index in [1.807, 2.05) is 4.40 Å². The predicted octanol–water partition coefficient (Wildman–Crippen LogP) is -1.05. The van der Waals surface area contributed by atoms with Gasteiger partial charge >= 0.3 is 85.3 Å². The van der Waals surface area contributed by atoms with Crippen LogP contribution in [0.1, 0.15) is 0 Å². The van der Waals surface area contributed by atoms with Gasteiger partial charge in [-0.25, -0.2) is 0 Å². The van der Waals surface area contributed by atoms with E-state index in [0.29, 0.717) is 0 Å². The van der Waals surface area contributed by atoms with Crippen LogP contribution in [0.4, 0.5) is 0 Å². The molecule has 11 heteroatoms. The molecular formula is C2H3NW10. The van der Waals surface area contributed by atoms with E-state index >= 15 is 0 Å². The van der Waals surface area contributed by atoms with E-state index in [0.717, 1.165) is 4.02 Å². The molecule has 13 heavy (non-hydrogen) atoms. The van der Waals surface area contributed by atoms with Crippen LogP contribution in [0.25, 0.3) is 0 Å². The summed E-state index contributed by atoms with van der Waals surface area (Å²) in [6.07, 6.45) is 0. The van der Waals surface area contributed by atoms with Crippen LogP contribution in [0.5, 0.6) is 0 Å². The Morgan fingerprint density at radius 2 is 0.923 bits per heavy atom. The minimum absolute atomic E-state index is 0. The van der Waals surface area contributed by atoms with Crippen LogP contribution in [0.15, 0.2) is 0 Å². The van der Waals surface area contributed by atoms with Crippen LogP contribution < -0.4 is 5.73 Å². The molecule has 0 unspecified atom stereocenters. The van der Waals surface area contributed by atoms with Crippen molar-refractivity contribution in [2.24, 2.45) is 5.73 Å². The first-order chi connectivity index (χ1) is 3.27. The van der Waals surface area contributed by atoms with Gasteiger partial charge in [-0.2, -0.15) is 0 Å². The summed E-state index contributed by atoms with van der Waals surface area (Å²) in [7, 11) is 0. The van der Waals surface area contributed by atoms with Gasteiger partial charge in [0.2, 0.25) is 0 Å². The maximum atomic E-state index is 5.21. The minimum atomic E-state index is 0. The van der Waals surface area contributed by atoms with Crippen LogP contribution >= 0.6 is 0 Å². The molecule has 0 atom stereocenters. The van der Waals surface area contributed by atoms with Gasteiger partial charge in [0.1, 0.15) is 0 Å². The third-order valence-corrected chi connectivity index (χ3v) is 3.78. The summed E-state index contributed by atoms with van der Waals surface area (Å²) in [5.41, 5.74) is 5.21. The molecule has 0 aliphatic rings. The molecule has 0 heterocycles. The molecule has 0 aromatic heterocycles. The fourth-order valence-corrected chi connectivity index (χ4v) is 0. The number of rotatable bonds is 1. The molecule has 0 aliphatic carbocycles. The molecule has 0 saturated carbocycles. The van der Waals surface area contributed by atoms with Crippen LogP contribution in [0.2, 0.25) is 0 Å². The molecule has 0 aromatic rings. The first kappa shape index (κ1) is 50.4. The van der Waals surface area contributed by atoms with Crippen LogP contribution in [-0.4, -0.2) is 8.42 Å². The van der Waals surface area contributed by atoms with Crippen molar-refractivity contribution >= 4 is 8.42 Å². The molecule has 0 bridgehead atoms. The SMILES string of the molecule is N[C](=[W])[CH]=[W].[W].[W].[W].[W].[W].[W].[W]=[W]. The fraction of sp³-hybridized carbons (Fsp3) is 0. The van der Waals surface area contributed by atoms with Gasteiger partial charge in [-0.1, -0.05) is 0 Å². The van der Waals surface area contributed by atoms with Gasteiger partial charge in [0, 0.05) is 126 Å². The van der Waals surface area contributed by atoms with Crippen molar-refractivity contribution in [3.63, 3.8) is 0 Å². The van der Waals surface area contributed by atoms with Crippen molar-refractivity contribution in [2.75, 3.05) is 0 Å². The third-order valence-electron chi connectivity index (χ3n) is 0.116. The van der Waals surface area contributed by atoms with E-state index in [9.17, 15) is 0 Å². The van der Waals surface area contributed by atoms with E-state index in [4.69, 9.17) is 5.73 Å². The Bertz CT molecular complexity index is 73.3. The zero-order valence-corrected chi connectivity index (χ0v) is 35.1. The topological polar surface area (TPSA) is 26.0 Å². The zero-order valence-electron chi connectivity index (χ0n) is 5.74. The van der Waals surface area contributed by atoms with Gasteiger partial charge in [0.05, 0.1) is 0 Å². The Morgan fingerprint density at radius 1 is 0.846 bits per heavy atom. The Labute approximate surface area is 206 Å². The molecule has 0 aromatic carbocycles. The summed E-state index contributed by atoms with van der Waals surface area (Å²) >= 11 is 6.14. The van der Waals surface area contributed by atoms with Gasteiger partial charge in [-0.15, -0.1) is 0 Å². The van der Waals surface area contributed by atoms with Crippen molar-refractivity contribution in [2.45, 2.75) is 0 Å². The van der Waals surface area contributed by atoms with Gasteiger partial charge in [-0.05, 0) is 0 Å². The number of nitrogens with two attached hydrogens (primary N) is 1. The first-order valence-corrected chi connectivity index (χ1v) is 15.3. The molecule has 2 N–H and O–H groups in total. The molecule has 0 fully saturated rings. The number of hydrogen-bond donors (Lipinski definition) is 1. The summed E-state index contributed by atoms with van der Waals surface area (Å²) in [5.74, 6) is 0. The Hall–Kier alpha value is 6.58. The van der Waals surface area contributed by atoms with Gasteiger partial charge < -0.3 is 0 Å². The normalized spacial score (nSPS) is 2.85. The number of hydrogen-bond acceptors (Lipinski definition) is 1. The van der Waals surface area contributed by atoms with Crippen molar-refractivity contribution in [3.05, 3.63) is 0 Å². The Kier molecular flexibility index (Phi) is 199. The van der Waals surface area contributed by atoms with E-state index in [1.165, 1.54) is 38.7 Å². The molecule has 0 spiro atoms. The standard InChI is InChI=1S/C2H3N.10W/c1-2-3;;;;;;;;;;/h1H,3H2;;;;;;;;;;. The van der Waals surface area contributed by atoms with Crippen molar-refractivity contribution < 1.29 is 198 Å². The molecule has 0 rings (SSSR count). The van der Waals surface area contributed by atoms with Crippen molar-refractivity contribution in [1.82, 2.24) is 0 Å². The molecule has 76 valence electrons. The summed E-state index contributed by atoms with van der Waals surface area (Å²) < 4.78 is 2.98. The van der Waals surface area contributed by atoms with Crippen molar-refractivity contribution in [1.29, 1.82) is 0 Å². The molecule has 0 aliphatic heterocycles. The second kappa shape index (κ2) is 51.3. The maximum absolute atomic E-state index is 5.21. The summed E-state index contributed by atoms with van der Waals surface area (Å²) in [5, 5.41) is 0. The first-order valence-electron chi connectivity index (χ1n) is 1.18. The average Bonchev–Trinajstić information content (AvgIpc) is 1.73. The molecule has 0 radical (unpaired) electrons. The van der Waals surface area contributed by atoms with E-state index < -0.39 is 0 Å². The molecular weight excluding hydrogens is 1880 g/mol. The van der Waals surface area contributed by atoms with E-state index in [2.05, 4.69) is 0 Å². The Morgan fingerprint density at radius 3 is 0.923 bits per heavy atom. The van der Waals surface area contributed by atoms with Crippen LogP contribution in [-0.2, 0) is 198 Å². The molecule has 1 nitrogen and oxygen atoms in total. The predicted molar refractivity (Wildman–Crippen MR) is 15.3 cm³/mol. The van der Waals surface area contributed by atoms with Gasteiger partial charge in [0.15, 0.2) is 0 Å². The fourth-order valence-electron chi connectivity index (χ4n) is 0. The average molecular weight is 1880 g/mol. The second-order valence-corrected chi connectivity index (χ2v) is 3.06. The van der Waals surface area contributed by atoms with Crippen LogP contribution in [0.3, 0.4) is 0 Å². The van der Waals surface area contributed by atoms with Gasteiger partial charge in [0.25, 0.3) is 0 Å². The van der Waals surface area contributed by atoms with E-state index in [-0.39, 0.29) is 126 Å². The molecule has 0 amide bonds. The summed E-state index contributed by atoms with van der Waals surface area (Å²) in [6.45, 7) is 0. The zero-order chi connectivity index (χ0) is 6.28. The monoisotopic (exact) mass is 1880 g/mol. The van der Waals surface area contributed by atoms with E-state index in [1.54, 1.807) is 32.4 Å². The van der Waals surface area contributed by atoms with Gasteiger partial charge in [-0.3, -0.25) is 0 Å². The summed E-state index contributed by atoms with van der Waals surface area (Å²) in [6, 6.07) is 0. The molecule has 0 saturated heterocycles. The quantitative estimate of drug-likeness (QED) is 0.357. The third kappa shape index (κ3) is 69.4. The Balaban J connectivity index is -0.00000000492. The van der Waals surface area contributed by atoms with Crippen molar-refractivity contribution in [3.8, 4) is 0 Å². The second-order valence-electron chi connectivity index (χ2n) is 0.520. The summed E-state index contributed by atoms with van der Waals surface area (Å²) in [4.78, 5) is 0. The van der Waals surface area contributed by atoms with Crippen LogP contribution in [0, 0.1) is 0 Å².